The molecule has 1 saturated heterocycles. The van der Waals surface area contributed by atoms with E-state index in [0.717, 1.165) is 12.1 Å². The van der Waals surface area contributed by atoms with Crippen LogP contribution in [-0.4, -0.2) is 19.3 Å². The van der Waals surface area contributed by atoms with E-state index in [1.165, 1.54) is 12.1 Å². The molecular weight excluding hydrogens is 235 g/mol. The Morgan fingerprint density at radius 3 is 2.06 bits per heavy atom. The predicted octanol–water partition coefficient (Wildman–Crippen LogP) is 2.08. The molecule has 0 unspecified atom stereocenters. The maximum absolute atomic E-state index is 12.3. The monoisotopic (exact) mass is 247 g/mol. The summed E-state index contributed by atoms with van der Waals surface area (Å²) in [4.78, 5) is 0. The Labute approximate surface area is 96.3 Å². The van der Waals surface area contributed by atoms with Crippen molar-refractivity contribution in [2.24, 2.45) is 5.73 Å². The molecule has 0 bridgehead atoms. The molecule has 0 radical (unpaired) electrons. The summed E-state index contributed by atoms with van der Waals surface area (Å²) in [5, 5.41) is 0. The number of ether oxygens (including phenoxy) is 2. The SMILES string of the molecule is NC1COC(c2ccc(C(F)(F)F)cc2)OC1. The summed E-state index contributed by atoms with van der Waals surface area (Å²) in [6, 6.07) is 4.54. The van der Waals surface area contributed by atoms with Gasteiger partial charge in [-0.15, -0.1) is 0 Å². The fourth-order valence-electron chi connectivity index (χ4n) is 1.54. The van der Waals surface area contributed by atoms with E-state index in [0.29, 0.717) is 18.8 Å². The molecular formula is C11H12F3NO2. The van der Waals surface area contributed by atoms with Gasteiger partial charge in [-0.2, -0.15) is 13.2 Å². The van der Waals surface area contributed by atoms with Gasteiger partial charge < -0.3 is 15.2 Å². The van der Waals surface area contributed by atoms with Crippen LogP contribution in [0.3, 0.4) is 0 Å². The maximum atomic E-state index is 12.3. The summed E-state index contributed by atoms with van der Waals surface area (Å²) in [5.41, 5.74) is 5.43. The number of hydrogen-bond acceptors (Lipinski definition) is 3. The highest BCUT2D eigenvalue weighted by Gasteiger charge is 2.30. The number of halogens is 3. The maximum Gasteiger partial charge on any atom is 0.416 e. The van der Waals surface area contributed by atoms with E-state index in [1.807, 2.05) is 0 Å². The minimum absolute atomic E-state index is 0.180. The molecule has 94 valence electrons. The van der Waals surface area contributed by atoms with E-state index in [1.54, 1.807) is 0 Å². The third-order valence-corrected chi connectivity index (χ3v) is 2.43. The van der Waals surface area contributed by atoms with Gasteiger partial charge in [0, 0.05) is 5.56 Å². The second kappa shape index (κ2) is 4.64. The highest BCUT2D eigenvalue weighted by Crippen LogP contribution is 2.31. The Balaban J connectivity index is 2.08. The van der Waals surface area contributed by atoms with Crippen molar-refractivity contribution in [1.29, 1.82) is 0 Å². The summed E-state index contributed by atoms with van der Waals surface area (Å²) in [5.74, 6) is 0. The van der Waals surface area contributed by atoms with Gasteiger partial charge in [0.05, 0.1) is 24.8 Å². The van der Waals surface area contributed by atoms with Crippen molar-refractivity contribution in [3.63, 3.8) is 0 Å². The lowest BCUT2D eigenvalue weighted by Crippen LogP contribution is -2.37. The van der Waals surface area contributed by atoms with Crippen LogP contribution in [0.5, 0.6) is 0 Å². The summed E-state index contributed by atoms with van der Waals surface area (Å²) in [6.45, 7) is 0.678. The smallest absolute Gasteiger partial charge is 0.347 e. The minimum atomic E-state index is -4.32. The van der Waals surface area contributed by atoms with Gasteiger partial charge in [0.1, 0.15) is 0 Å². The van der Waals surface area contributed by atoms with Crippen LogP contribution in [0.4, 0.5) is 13.2 Å². The van der Waals surface area contributed by atoms with Gasteiger partial charge in [-0.05, 0) is 12.1 Å². The first-order valence-electron chi connectivity index (χ1n) is 5.13. The summed E-state index contributed by atoms with van der Waals surface area (Å²) < 4.78 is 47.5. The molecule has 2 rings (SSSR count). The van der Waals surface area contributed by atoms with E-state index in [2.05, 4.69) is 0 Å². The van der Waals surface area contributed by atoms with Crippen molar-refractivity contribution >= 4 is 0 Å². The standard InChI is InChI=1S/C11H12F3NO2/c12-11(13,14)8-3-1-7(2-4-8)10-16-5-9(15)6-17-10/h1-4,9-10H,5-6,15H2. The molecule has 0 atom stereocenters. The fraction of sp³-hybridized carbons (Fsp3) is 0.455. The lowest BCUT2D eigenvalue weighted by molar-refractivity contribution is -0.190. The largest absolute Gasteiger partial charge is 0.416 e. The Bertz CT molecular complexity index is 369. The molecule has 2 N–H and O–H groups in total. The fourth-order valence-corrected chi connectivity index (χ4v) is 1.54. The molecule has 0 saturated carbocycles. The first kappa shape index (κ1) is 12.3. The van der Waals surface area contributed by atoms with Crippen LogP contribution in [0.2, 0.25) is 0 Å². The van der Waals surface area contributed by atoms with Gasteiger partial charge in [-0.25, -0.2) is 0 Å². The topological polar surface area (TPSA) is 44.5 Å². The van der Waals surface area contributed by atoms with Crippen LogP contribution in [0.25, 0.3) is 0 Å². The molecule has 0 amide bonds. The van der Waals surface area contributed by atoms with Crippen molar-refractivity contribution in [2.45, 2.75) is 18.5 Å². The van der Waals surface area contributed by atoms with Gasteiger partial charge in [0.15, 0.2) is 6.29 Å². The Kier molecular flexibility index (Phi) is 3.37. The summed E-state index contributed by atoms with van der Waals surface area (Å²) in [6.07, 6.45) is -4.95. The molecule has 17 heavy (non-hydrogen) atoms. The average Bonchev–Trinajstić information content (AvgIpc) is 2.29. The average molecular weight is 247 g/mol. The molecule has 1 aliphatic heterocycles. The van der Waals surface area contributed by atoms with Gasteiger partial charge in [0.25, 0.3) is 0 Å². The van der Waals surface area contributed by atoms with Crippen molar-refractivity contribution in [1.82, 2.24) is 0 Å². The predicted molar refractivity (Wildman–Crippen MR) is 54.1 cm³/mol. The molecule has 1 heterocycles. The van der Waals surface area contributed by atoms with Crippen LogP contribution >= 0.6 is 0 Å². The van der Waals surface area contributed by atoms with Crippen LogP contribution in [0, 0.1) is 0 Å². The Morgan fingerprint density at radius 2 is 1.59 bits per heavy atom. The first-order chi connectivity index (χ1) is 7.97. The van der Waals surface area contributed by atoms with E-state index >= 15 is 0 Å². The number of hydrogen-bond donors (Lipinski definition) is 1. The zero-order valence-electron chi connectivity index (χ0n) is 8.91. The number of alkyl halides is 3. The second-order valence-electron chi connectivity index (χ2n) is 3.88. The van der Waals surface area contributed by atoms with E-state index < -0.39 is 18.0 Å². The molecule has 1 aromatic carbocycles. The van der Waals surface area contributed by atoms with Crippen molar-refractivity contribution < 1.29 is 22.6 Å². The van der Waals surface area contributed by atoms with Crippen LogP contribution < -0.4 is 5.73 Å². The van der Waals surface area contributed by atoms with Crippen molar-refractivity contribution in [2.75, 3.05) is 13.2 Å². The Hall–Kier alpha value is -1.11. The van der Waals surface area contributed by atoms with Crippen molar-refractivity contribution in [3.05, 3.63) is 35.4 Å². The van der Waals surface area contributed by atoms with Gasteiger partial charge >= 0.3 is 6.18 Å². The van der Waals surface area contributed by atoms with Gasteiger partial charge in [0.2, 0.25) is 0 Å². The molecule has 3 nitrogen and oxygen atoms in total. The molecule has 0 aromatic heterocycles. The number of benzene rings is 1. The summed E-state index contributed by atoms with van der Waals surface area (Å²) >= 11 is 0. The van der Waals surface area contributed by atoms with Crippen LogP contribution in [0.15, 0.2) is 24.3 Å². The zero-order chi connectivity index (χ0) is 12.5. The van der Waals surface area contributed by atoms with E-state index in [9.17, 15) is 13.2 Å². The van der Waals surface area contributed by atoms with Gasteiger partial charge in [-0.1, -0.05) is 12.1 Å². The molecule has 1 fully saturated rings. The quantitative estimate of drug-likeness (QED) is 0.826. The molecule has 1 aliphatic rings. The third kappa shape index (κ3) is 2.96. The van der Waals surface area contributed by atoms with E-state index in [4.69, 9.17) is 15.2 Å². The molecule has 0 aliphatic carbocycles. The lowest BCUT2D eigenvalue weighted by Gasteiger charge is -2.27. The lowest BCUT2D eigenvalue weighted by atomic mass is 10.1. The zero-order valence-corrected chi connectivity index (χ0v) is 8.91. The summed E-state index contributed by atoms with van der Waals surface area (Å²) in [7, 11) is 0. The van der Waals surface area contributed by atoms with Crippen LogP contribution in [0.1, 0.15) is 17.4 Å². The first-order valence-corrected chi connectivity index (χ1v) is 5.13. The highest BCUT2D eigenvalue weighted by molar-refractivity contribution is 5.25. The van der Waals surface area contributed by atoms with Gasteiger partial charge in [-0.3, -0.25) is 0 Å². The molecule has 0 spiro atoms. The third-order valence-electron chi connectivity index (χ3n) is 2.43. The molecule has 6 heteroatoms. The van der Waals surface area contributed by atoms with Crippen LogP contribution in [-0.2, 0) is 15.7 Å². The highest BCUT2D eigenvalue weighted by atomic mass is 19.4. The van der Waals surface area contributed by atoms with E-state index in [-0.39, 0.29) is 6.04 Å². The molecule has 1 aromatic rings. The normalized spacial score (nSPS) is 25.9. The minimum Gasteiger partial charge on any atom is -0.347 e. The number of rotatable bonds is 1. The van der Waals surface area contributed by atoms with Crippen molar-refractivity contribution in [3.8, 4) is 0 Å². The Morgan fingerprint density at radius 1 is 1.06 bits per heavy atom. The number of nitrogens with two attached hydrogens (primary N) is 1. The second-order valence-corrected chi connectivity index (χ2v) is 3.88.